The van der Waals surface area contributed by atoms with E-state index in [0.717, 1.165) is 42.6 Å². The number of aromatic nitrogens is 1. The van der Waals surface area contributed by atoms with Gasteiger partial charge in [0.2, 0.25) is 0 Å². The minimum atomic E-state index is -0.0848. The Labute approximate surface area is 154 Å². The third-order valence-corrected chi connectivity index (χ3v) is 4.99. The lowest BCUT2D eigenvalue weighted by atomic mass is 10.3. The normalized spacial score (nSPS) is 15.4. The van der Waals surface area contributed by atoms with Crippen LogP contribution in [0, 0.1) is 6.92 Å². The fraction of sp³-hybridized carbons (Fsp3) is 0.722. The van der Waals surface area contributed by atoms with Gasteiger partial charge in [0, 0.05) is 31.9 Å². The van der Waals surface area contributed by atoms with Crippen molar-refractivity contribution in [2.45, 2.75) is 65.0 Å². The zero-order valence-electron chi connectivity index (χ0n) is 15.6. The Hall–Kier alpha value is -1.63. The van der Waals surface area contributed by atoms with Crippen molar-refractivity contribution < 1.29 is 9.53 Å². The van der Waals surface area contributed by atoms with Crippen LogP contribution in [0.4, 0.5) is 0 Å². The molecule has 0 unspecified atom stereocenters. The predicted octanol–water partition coefficient (Wildman–Crippen LogP) is 3.11. The summed E-state index contributed by atoms with van der Waals surface area (Å²) in [6.45, 7) is 6.21. The standard InChI is InChI=1S/C18H30N4O2S/c1-4-19-18(22(3)12-15-13-25-14(2)21-15)20-11-7-10-17(23)24-16-8-5-6-9-16/h13,16H,4-12H2,1-3H3,(H,19,20). The van der Waals surface area contributed by atoms with Gasteiger partial charge in [0.05, 0.1) is 17.2 Å². The number of guanidine groups is 1. The number of rotatable bonds is 8. The molecule has 1 aromatic heterocycles. The summed E-state index contributed by atoms with van der Waals surface area (Å²) in [5.41, 5.74) is 1.05. The van der Waals surface area contributed by atoms with Crippen LogP contribution in [-0.2, 0) is 16.1 Å². The van der Waals surface area contributed by atoms with Crippen LogP contribution in [0.3, 0.4) is 0 Å². The Balaban J connectivity index is 1.74. The molecule has 0 spiro atoms. The van der Waals surface area contributed by atoms with Crippen LogP contribution >= 0.6 is 11.3 Å². The Kier molecular flexibility index (Phi) is 8.18. The van der Waals surface area contributed by atoms with E-state index in [1.165, 1.54) is 12.8 Å². The molecular weight excluding hydrogens is 336 g/mol. The summed E-state index contributed by atoms with van der Waals surface area (Å²) in [6, 6.07) is 0. The van der Waals surface area contributed by atoms with Gasteiger partial charge in [0.25, 0.3) is 0 Å². The summed E-state index contributed by atoms with van der Waals surface area (Å²) in [6.07, 6.45) is 5.71. The average molecular weight is 367 g/mol. The Morgan fingerprint density at radius 2 is 2.24 bits per heavy atom. The van der Waals surface area contributed by atoms with Gasteiger partial charge in [-0.15, -0.1) is 11.3 Å². The highest BCUT2D eigenvalue weighted by atomic mass is 32.1. The lowest BCUT2D eigenvalue weighted by Gasteiger charge is -2.21. The van der Waals surface area contributed by atoms with Crippen LogP contribution in [0.15, 0.2) is 10.4 Å². The highest BCUT2D eigenvalue weighted by Crippen LogP contribution is 2.21. The minimum absolute atomic E-state index is 0.0848. The van der Waals surface area contributed by atoms with Crippen molar-refractivity contribution in [1.82, 2.24) is 15.2 Å². The summed E-state index contributed by atoms with van der Waals surface area (Å²) in [5.74, 6) is 0.760. The summed E-state index contributed by atoms with van der Waals surface area (Å²) in [5, 5.41) is 6.44. The average Bonchev–Trinajstić information content (AvgIpc) is 3.22. The molecule has 1 aliphatic carbocycles. The minimum Gasteiger partial charge on any atom is -0.462 e. The van der Waals surface area contributed by atoms with Crippen LogP contribution in [0.5, 0.6) is 0 Å². The van der Waals surface area contributed by atoms with Crippen molar-refractivity contribution in [3.8, 4) is 0 Å². The van der Waals surface area contributed by atoms with Crippen LogP contribution in [0.25, 0.3) is 0 Å². The third-order valence-electron chi connectivity index (χ3n) is 4.16. The van der Waals surface area contributed by atoms with Crippen LogP contribution in [0.2, 0.25) is 0 Å². The number of carbonyl (C=O) groups is 1. The molecule has 2 rings (SSSR count). The van der Waals surface area contributed by atoms with E-state index in [9.17, 15) is 4.79 Å². The Bertz CT molecular complexity index is 567. The van der Waals surface area contributed by atoms with Gasteiger partial charge in [0.1, 0.15) is 6.10 Å². The first-order chi connectivity index (χ1) is 12.1. The molecule has 140 valence electrons. The van der Waals surface area contributed by atoms with Crippen molar-refractivity contribution in [1.29, 1.82) is 0 Å². The van der Waals surface area contributed by atoms with Gasteiger partial charge in [-0.3, -0.25) is 9.79 Å². The molecule has 1 aliphatic rings. The topological polar surface area (TPSA) is 66.8 Å². The number of thiazole rings is 1. The van der Waals surface area contributed by atoms with Gasteiger partial charge in [-0.2, -0.15) is 0 Å². The highest BCUT2D eigenvalue weighted by Gasteiger charge is 2.18. The van der Waals surface area contributed by atoms with E-state index in [1.54, 1.807) is 11.3 Å². The molecule has 0 radical (unpaired) electrons. The van der Waals surface area contributed by atoms with Crippen molar-refractivity contribution in [3.05, 3.63) is 16.1 Å². The molecule has 0 aromatic carbocycles. The fourth-order valence-electron chi connectivity index (χ4n) is 2.93. The maximum absolute atomic E-state index is 11.8. The maximum Gasteiger partial charge on any atom is 0.306 e. The number of nitrogens with zero attached hydrogens (tertiary/aromatic N) is 3. The number of nitrogens with one attached hydrogen (secondary N) is 1. The Morgan fingerprint density at radius 1 is 1.48 bits per heavy atom. The maximum atomic E-state index is 11.8. The third kappa shape index (κ3) is 7.02. The van der Waals surface area contributed by atoms with Gasteiger partial charge in [0.15, 0.2) is 5.96 Å². The summed E-state index contributed by atoms with van der Waals surface area (Å²) >= 11 is 1.66. The zero-order valence-corrected chi connectivity index (χ0v) is 16.4. The SMILES string of the molecule is CCNC(=NCCCC(=O)OC1CCCC1)N(C)Cc1csc(C)n1. The molecule has 0 saturated heterocycles. The molecule has 1 N–H and O–H groups in total. The summed E-state index contributed by atoms with van der Waals surface area (Å²) < 4.78 is 5.47. The summed E-state index contributed by atoms with van der Waals surface area (Å²) in [7, 11) is 2.00. The number of hydrogen-bond acceptors (Lipinski definition) is 5. The van der Waals surface area contributed by atoms with E-state index in [4.69, 9.17) is 4.74 Å². The molecule has 1 fully saturated rings. The highest BCUT2D eigenvalue weighted by molar-refractivity contribution is 7.09. The summed E-state index contributed by atoms with van der Waals surface area (Å²) in [4.78, 5) is 23.0. The molecule has 25 heavy (non-hydrogen) atoms. The first kappa shape index (κ1) is 19.7. The van der Waals surface area contributed by atoms with E-state index in [1.807, 2.05) is 14.0 Å². The van der Waals surface area contributed by atoms with E-state index >= 15 is 0 Å². The van der Waals surface area contributed by atoms with E-state index in [-0.39, 0.29) is 12.1 Å². The fourth-order valence-corrected chi connectivity index (χ4v) is 3.53. The van der Waals surface area contributed by atoms with Gasteiger partial charge < -0.3 is 15.0 Å². The molecule has 0 aliphatic heterocycles. The monoisotopic (exact) mass is 366 g/mol. The van der Waals surface area contributed by atoms with Crippen molar-refractivity contribution >= 4 is 23.3 Å². The Morgan fingerprint density at radius 3 is 2.88 bits per heavy atom. The van der Waals surface area contributed by atoms with Gasteiger partial charge >= 0.3 is 5.97 Å². The largest absolute Gasteiger partial charge is 0.462 e. The smallest absolute Gasteiger partial charge is 0.306 e. The molecule has 1 saturated carbocycles. The van der Waals surface area contributed by atoms with E-state index < -0.39 is 0 Å². The van der Waals surface area contributed by atoms with Crippen LogP contribution in [0.1, 0.15) is 56.2 Å². The molecular formula is C18H30N4O2S. The van der Waals surface area contributed by atoms with Crippen molar-refractivity contribution in [2.75, 3.05) is 20.1 Å². The van der Waals surface area contributed by atoms with Crippen molar-refractivity contribution in [2.24, 2.45) is 4.99 Å². The van der Waals surface area contributed by atoms with Crippen molar-refractivity contribution in [3.63, 3.8) is 0 Å². The molecule has 0 amide bonds. The second-order valence-corrected chi connectivity index (χ2v) is 7.51. The van der Waals surface area contributed by atoms with Gasteiger partial charge in [-0.05, 0) is 46.0 Å². The number of hydrogen-bond donors (Lipinski definition) is 1. The molecule has 1 aromatic rings. The molecule has 7 heteroatoms. The number of aliphatic imine (C=N–C) groups is 1. The van der Waals surface area contributed by atoms with Crippen LogP contribution in [-0.4, -0.2) is 48.1 Å². The lowest BCUT2D eigenvalue weighted by Crippen LogP contribution is -2.38. The zero-order chi connectivity index (χ0) is 18.1. The predicted molar refractivity (Wildman–Crippen MR) is 102 cm³/mol. The lowest BCUT2D eigenvalue weighted by molar-refractivity contribution is -0.148. The molecule has 1 heterocycles. The number of esters is 1. The first-order valence-corrected chi connectivity index (χ1v) is 10.1. The van der Waals surface area contributed by atoms with Crippen LogP contribution < -0.4 is 5.32 Å². The van der Waals surface area contributed by atoms with E-state index in [0.29, 0.717) is 19.4 Å². The molecule has 0 atom stereocenters. The second kappa shape index (κ2) is 10.4. The second-order valence-electron chi connectivity index (χ2n) is 6.45. The number of ether oxygens (including phenoxy) is 1. The molecule has 6 nitrogen and oxygen atoms in total. The van der Waals surface area contributed by atoms with E-state index in [2.05, 4.69) is 32.5 Å². The number of carbonyl (C=O) groups excluding carboxylic acids is 1. The van der Waals surface area contributed by atoms with Gasteiger partial charge in [-0.1, -0.05) is 0 Å². The quantitative estimate of drug-likeness (QED) is 0.331. The first-order valence-electron chi connectivity index (χ1n) is 9.18. The molecule has 0 bridgehead atoms. The van der Waals surface area contributed by atoms with Gasteiger partial charge in [-0.25, -0.2) is 4.98 Å². The number of aryl methyl sites for hydroxylation is 1.